The van der Waals surface area contributed by atoms with E-state index in [4.69, 9.17) is 4.52 Å². The second kappa shape index (κ2) is 5.44. The third-order valence-corrected chi connectivity index (χ3v) is 10.2. The molecule has 4 heteroatoms. The van der Waals surface area contributed by atoms with E-state index in [9.17, 15) is 4.89 Å². The van der Waals surface area contributed by atoms with E-state index in [2.05, 4.69) is 6.58 Å². The summed E-state index contributed by atoms with van der Waals surface area (Å²) in [6.07, 6.45) is -0.753. The van der Waals surface area contributed by atoms with Crippen LogP contribution >= 0.6 is 6.41 Å². The van der Waals surface area contributed by atoms with Crippen LogP contribution in [0.3, 0.4) is 0 Å². The first-order valence-corrected chi connectivity index (χ1v) is 10.5. The topological polar surface area (TPSA) is 32.3 Å². The summed E-state index contributed by atoms with van der Waals surface area (Å²) in [5.41, 5.74) is 2.33. The molecule has 0 bridgehead atoms. The normalized spacial score (nSPS) is 25.7. The maximum absolute atomic E-state index is 12.3. The van der Waals surface area contributed by atoms with Gasteiger partial charge >= 0.3 is 103 Å². The SMILES string of the molecule is C=C1CC[P+]([O-])(OCc2ccccc2)[Se]C1. The van der Waals surface area contributed by atoms with E-state index in [1.807, 2.05) is 30.3 Å². The molecular weight excluding hydrogens is 286 g/mol. The zero-order valence-electron chi connectivity index (χ0n) is 9.09. The Kier molecular flexibility index (Phi) is 4.18. The number of allylic oxidation sites excluding steroid dienone is 1. The van der Waals surface area contributed by atoms with Gasteiger partial charge in [-0.25, -0.2) is 0 Å². The van der Waals surface area contributed by atoms with Crippen LogP contribution in [0, 0.1) is 0 Å². The predicted molar refractivity (Wildman–Crippen MR) is 67.3 cm³/mol. The van der Waals surface area contributed by atoms with Crippen LogP contribution < -0.4 is 4.89 Å². The molecule has 1 fully saturated rings. The van der Waals surface area contributed by atoms with E-state index in [0.29, 0.717) is 12.8 Å². The third-order valence-electron chi connectivity index (χ3n) is 2.48. The molecule has 0 aliphatic carbocycles. The molecule has 1 aromatic rings. The average molecular weight is 301 g/mol. The Morgan fingerprint density at radius 3 is 2.75 bits per heavy atom. The molecule has 0 radical (unpaired) electrons. The molecule has 1 saturated heterocycles. The molecule has 1 atom stereocenters. The summed E-state index contributed by atoms with van der Waals surface area (Å²) in [4.78, 5) is 12.3. The van der Waals surface area contributed by atoms with Crippen LogP contribution in [0.1, 0.15) is 12.0 Å². The number of hydrogen-bond acceptors (Lipinski definition) is 2. The van der Waals surface area contributed by atoms with Crippen LogP contribution in [0.2, 0.25) is 5.32 Å². The molecule has 1 aromatic carbocycles. The first kappa shape index (κ1) is 12.3. The van der Waals surface area contributed by atoms with Crippen molar-refractivity contribution >= 4 is 20.9 Å². The summed E-state index contributed by atoms with van der Waals surface area (Å²) < 4.78 is 5.65. The Morgan fingerprint density at radius 1 is 1.38 bits per heavy atom. The molecule has 86 valence electrons. The standard InChI is InChI=1S/C12H15O2PSe/c1-11-7-8-15(13,16-10-11)14-9-12-5-3-2-4-6-12/h2-6H,1,7-10H2. The molecule has 0 spiro atoms. The van der Waals surface area contributed by atoms with Crippen molar-refractivity contribution in [1.29, 1.82) is 0 Å². The van der Waals surface area contributed by atoms with Crippen LogP contribution in [0.15, 0.2) is 42.5 Å². The number of hydrogen-bond donors (Lipinski definition) is 0. The van der Waals surface area contributed by atoms with Gasteiger partial charge < -0.3 is 0 Å². The quantitative estimate of drug-likeness (QED) is 0.488. The van der Waals surface area contributed by atoms with Crippen LogP contribution in [0.5, 0.6) is 0 Å². The van der Waals surface area contributed by atoms with Crippen molar-refractivity contribution in [2.45, 2.75) is 18.3 Å². The first-order valence-electron chi connectivity index (χ1n) is 5.27. The van der Waals surface area contributed by atoms with E-state index in [1.165, 1.54) is 5.57 Å². The maximum atomic E-state index is 12.3. The van der Waals surface area contributed by atoms with Crippen molar-refractivity contribution in [3.8, 4) is 0 Å². The Balaban J connectivity index is 1.88. The fourth-order valence-corrected chi connectivity index (χ4v) is 8.00. The molecule has 2 rings (SSSR count). The van der Waals surface area contributed by atoms with E-state index in [1.54, 1.807) is 0 Å². The summed E-state index contributed by atoms with van der Waals surface area (Å²) in [6.45, 7) is 4.42. The summed E-state index contributed by atoms with van der Waals surface area (Å²) in [7, 11) is 0. The molecule has 1 heterocycles. The van der Waals surface area contributed by atoms with Gasteiger partial charge in [0, 0.05) is 0 Å². The van der Waals surface area contributed by atoms with Crippen molar-refractivity contribution < 1.29 is 9.42 Å². The Morgan fingerprint density at radius 2 is 2.12 bits per heavy atom. The van der Waals surface area contributed by atoms with Crippen LogP contribution in [0.4, 0.5) is 0 Å². The Labute approximate surface area is 103 Å². The van der Waals surface area contributed by atoms with E-state index in [-0.39, 0.29) is 14.5 Å². The predicted octanol–water partition coefficient (Wildman–Crippen LogP) is 2.41. The molecule has 1 unspecified atom stereocenters. The van der Waals surface area contributed by atoms with Gasteiger partial charge in [0.1, 0.15) is 0 Å². The molecule has 1 aliphatic heterocycles. The zero-order chi connectivity index (χ0) is 11.4. The summed E-state index contributed by atoms with van der Waals surface area (Å²) in [5.74, 6) is 0. The van der Waals surface area contributed by atoms with Gasteiger partial charge in [-0.05, 0) is 0 Å². The minimum absolute atomic E-state index is 0.0944. The second-order valence-electron chi connectivity index (χ2n) is 3.87. The van der Waals surface area contributed by atoms with Crippen LogP contribution in [-0.2, 0) is 11.1 Å². The van der Waals surface area contributed by atoms with Crippen molar-refractivity contribution in [3.05, 3.63) is 48.0 Å². The number of benzene rings is 1. The van der Waals surface area contributed by atoms with Gasteiger partial charge in [-0.15, -0.1) is 0 Å². The Bertz CT molecular complexity index is 357. The van der Waals surface area contributed by atoms with Crippen molar-refractivity contribution in [2.75, 3.05) is 6.16 Å². The average Bonchev–Trinajstić information content (AvgIpc) is 2.33. The van der Waals surface area contributed by atoms with E-state index >= 15 is 0 Å². The van der Waals surface area contributed by atoms with Gasteiger partial charge in [-0.2, -0.15) is 0 Å². The molecular formula is C12H15O2PSe. The van der Waals surface area contributed by atoms with Crippen LogP contribution in [-0.4, -0.2) is 20.7 Å². The molecule has 0 aromatic heterocycles. The zero-order valence-corrected chi connectivity index (χ0v) is 11.7. The van der Waals surface area contributed by atoms with Crippen molar-refractivity contribution in [1.82, 2.24) is 0 Å². The summed E-state index contributed by atoms with van der Waals surface area (Å²) >= 11 is 0.0944. The molecule has 1 aliphatic rings. The Hall–Kier alpha value is -0.171. The monoisotopic (exact) mass is 302 g/mol. The third kappa shape index (κ3) is 3.41. The minimum atomic E-state index is -2.31. The van der Waals surface area contributed by atoms with Gasteiger partial charge in [0.25, 0.3) is 0 Å². The van der Waals surface area contributed by atoms with E-state index in [0.717, 1.165) is 17.3 Å². The summed E-state index contributed by atoms with van der Waals surface area (Å²) in [6, 6.07) is 9.93. The van der Waals surface area contributed by atoms with Gasteiger partial charge in [-0.3, -0.25) is 0 Å². The van der Waals surface area contributed by atoms with E-state index < -0.39 is 6.41 Å². The van der Waals surface area contributed by atoms with Crippen molar-refractivity contribution in [2.24, 2.45) is 0 Å². The molecule has 16 heavy (non-hydrogen) atoms. The van der Waals surface area contributed by atoms with Gasteiger partial charge in [-0.1, -0.05) is 0 Å². The first-order chi connectivity index (χ1) is 7.68. The van der Waals surface area contributed by atoms with Crippen LogP contribution in [0.25, 0.3) is 0 Å². The molecule has 2 nitrogen and oxygen atoms in total. The molecule has 0 saturated carbocycles. The molecule has 0 amide bonds. The molecule has 0 N–H and O–H groups in total. The second-order valence-corrected chi connectivity index (χ2v) is 11.8. The fourth-order valence-electron chi connectivity index (χ4n) is 1.47. The van der Waals surface area contributed by atoms with Gasteiger partial charge in [0.05, 0.1) is 0 Å². The van der Waals surface area contributed by atoms with Gasteiger partial charge in [0.15, 0.2) is 0 Å². The van der Waals surface area contributed by atoms with Gasteiger partial charge in [0.2, 0.25) is 0 Å². The fraction of sp³-hybridized carbons (Fsp3) is 0.333. The van der Waals surface area contributed by atoms with Crippen molar-refractivity contribution in [3.63, 3.8) is 0 Å². The summed E-state index contributed by atoms with van der Waals surface area (Å²) in [5, 5.41) is 0.916. The number of rotatable bonds is 3.